The van der Waals surface area contributed by atoms with Gasteiger partial charge in [0.25, 0.3) is 5.91 Å². The number of hydrogen-bond donors (Lipinski definition) is 1. The molecule has 4 fully saturated rings. The van der Waals surface area contributed by atoms with Gasteiger partial charge in [0.05, 0.1) is 30.6 Å². The number of amides is 3. The minimum Gasteiger partial charge on any atom is -0.428 e. The number of likely N-dealkylation sites (tertiary alicyclic amines) is 1. The van der Waals surface area contributed by atoms with E-state index in [-0.39, 0.29) is 63.9 Å². The molecule has 61 heavy (non-hydrogen) atoms. The van der Waals surface area contributed by atoms with E-state index in [1.165, 1.54) is 12.1 Å². The van der Waals surface area contributed by atoms with E-state index in [1.54, 1.807) is 28.3 Å². The van der Waals surface area contributed by atoms with Crippen molar-refractivity contribution in [2.24, 2.45) is 5.92 Å². The number of halogens is 2. The predicted molar refractivity (Wildman–Crippen MR) is 219 cm³/mol. The molecule has 4 aliphatic rings. The smallest absolute Gasteiger partial charge is 0.428 e. The van der Waals surface area contributed by atoms with Gasteiger partial charge in [0.15, 0.2) is 5.12 Å². The van der Waals surface area contributed by atoms with Gasteiger partial charge in [-0.05, 0) is 67.7 Å². The molecule has 7 rings (SSSR count). The first-order valence-corrected chi connectivity index (χ1v) is 23.6. The SMILES string of the molecule is CC(C)CC(=O)SCCOP(=O)(OCOC(=O)O[C@@H]1CCOC1)C(F)(F)c1ccc2sc(C(=O)N[C@H]3CCC[C@H]4CC[C@@H](C(=O)N5CC(c6ncccn6)C5)N4C3=O)cc2c1. The van der Waals surface area contributed by atoms with Crippen LogP contribution in [0.5, 0.6) is 0 Å². The van der Waals surface area contributed by atoms with Gasteiger partial charge in [-0.15, -0.1) is 11.3 Å². The topological polar surface area (TPSA) is 193 Å². The number of hydrogen-bond acceptors (Lipinski definition) is 15. The lowest BCUT2D eigenvalue weighted by Crippen LogP contribution is -2.58. The van der Waals surface area contributed by atoms with Crippen LogP contribution in [0.2, 0.25) is 0 Å². The zero-order valence-electron chi connectivity index (χ0n) is 33.7. The van der Waals surface area contributed by atoms with Crippen LogP contribution < -0.4 is 5.32 Å². The molecular formula is C40H48F2N5O11PS2. The van der Waals surface area contributed by atoms with Crippen LogP contribution in [0, 0.1) is 5.92 Å². The Morgan fingerprint density at radius 1 is 1.07 bits per heavy atom. The van der Waals surface area contributed by atoms with Gasteiger partial charge in [0.2, 0.25) is 18.6 Å². The number of nitrogens with zero attached hydrogens (tertiary/aromatic N) is 4. The van der Waals surface area contributed by atoms with Crippen LogP contribution in [0.1, 0.15) is 85.8 Å². The molecule has 3 amide bonds. The summed E-state index contributed by atoms with van der Waals surface area (Å²) in [6.45, 7) is 3.42. The van der Waals surface area contributed by atoms with Gasteiger partial charge in [0.1, 0.15) is 24.0 Å². The minimum atomic E-state index is -5.46. The van der Waals surface area contributed by atoms with Crippen molar-refractivity contribution in [3.8, 4) is 0 Å². The molecule has 3 aromatic rings. The molecule has 6 heterocycles. The molecular weight excluding hydrogens is 860 g/mol. The van der Waals surface area contributed by atoms with Gasteiger partial charge in [-0.2, -0.15) is 8.78 Å². The Kier molecular flexibility index (Phi) is 14.4. The van der Waals surface area contributed by atoms with E-state index < -0.39 is 62.5 Å². The second kappa shape index (κ2) is 19.5. The lowest BCUT2D eigenvalue weighted by molar-refractivity contribution is -0.148. The van der Waals surface area contributed by atoms with Crippen molar-refractivity contribution in [3.05, 3.63) is 59.0 Å². The maximum absolute atomic E-state index is 16.3. The van der Waals surface area contributed by atoms with Crippen molar-refractivity contribution in [3.63, 3.8) is 0 Å². The zero-order valence-corrected chi connectivity index (χ0v) is 36.2. The summed E-state index contributed by atoms with van der Waals surface area (Å²) in [7, 11) is -5.46. The van der Waals surface area contributed by atoms with Crippen LogP contribution >= 0.6 is 30.7 Å². The molecule has 1 N–H and O–H groups in total. The largest absolute Gasteiger partial charge is 0.510 e. The number of fused-ring (bicyclic) bond motifs is 2. The Morgan fingerprint density at radius 3 is 2.59 bits per heavy atom. The first-order valence-electron chi connectivity index (χ1n) is 20.3. The summed E-state index contributed by atoms with van der Waals surface area (Å²) in [5, 5.41) is 2.87. The maximum atomic E-state index is 16.3. The van der Waals surface area contributed by atoms with E-state index in [0.29, 0.717) is 68.7 Å². The van der Waals surface area contributed by atoms with E-state index in [2.05, 4.69) is 15.3 Å². The van der Waals surface area contributed by atoms with Gasteiger partial charge < -0.3 is 33.9 Å². The fourth-order valence-corrected chi connectivity index (χ4v) is 11.1. The minimum absolute atomic E-state index is 0.0277. The molecule has 2 aromatic heterocycles. The van der Waals surface area contributed by atoms with Gasteiger partial charge >= 0.3 is 19.4 Å². The average Bonchev–Trinajstić information content (AvgIpc) is 3.97. The predicted octanol–water partition coefficient (Wildman–Crippen LogP) is 6.44. The monoisotopic (exact) mass is 907 g/mol. The zero-order chi connectivity index (χ0) is 43.3. The summed E-state index contributed by atoms with van der Waals surface area (Å²) in [5.74, 6) is -0.364. The number of aromatic nitrogens is 2. The van der Waals surface area contributed by atoms with Crippen LogP contribution in [0.3, 0.4) is 0 Å². The lowest BCUT2D eigenvalue weighted by Gasteiger charge is -2.41. The van der Waals surface area contributed by atoms with E-state index >= 15 is 8.78 Å². The normalized spacial score (nSPS) is 23.0. The number of thioether (sulfide) groups is 1. The molecule has 330 valence electrons. The van der Waals surface area contributed by atoms with Crippen molar-refractivity contribution in [1.82, 2.24) is 25.1 Å². The summed E-state index contributed by atoms with van der Waals surface area (Å²) in [4.78, 5) is 77.8. The molecule has 0 saturated carbocycles. The van der Waals surface area contributed by atoms with Crippen molar-refractivity contribution < 1.29 is 60.6 Å². The highest BCUT2D eigenvalue weighted by atomic mass is 32.2. The summed E-state index contributed by atoms with van der Waals surface area (Å²) >= 11 is 1.86. The van der Waals surface area contributed by atoms with Crippen LogP contribution in [0.25, 0.3) is 10.1 Å². The second-order valence-corrected chi connectivity index (χ2v) is 20.1. The van der Waals surface area contributed by atoms with E-state index in [0.717, 1.165) is 35.2 Å². The van der Waals surface area contributed by atoms with Crippen LogP contribution in [0.4, 0.5) is 13.6 Å². The molecule has 0 aliphatic carbocycles. The van der Waals surface area contributed by atoms with Gasteiger partial charge in [-0.3, -0.25) is 28.3 Å². The van der Waals surface area contributed by atoms with E-state index in [9.17, 15) is 28.5 Å². The molecule has 0 radical (unpaired) electrons. The number of rotatable bonds is 16. The third-order valence-corrected chi connectivity index (χ3v) is 14.9. The average molecular weight is 908 g/mol. The van der Waals surface area contributed by atoms with Crippen molar-refractivity contribution in [2.75, 3.05) is 45.5 Å². The first-order chi connectivity index (χ1) is 29.2. The summed E-state index contributed by atoms with van der Waals surface area (Å²) in [5.41, 5.74) is -5.05. The van der Waals surface area contributed by atoms with Crippen LogP contribution in [-0.2, 0) is 47.9 Å². The standard InChI is InChI=1S/C40H48F2N5O11PS2/c1-24(2)17-34(48)60-16-15-56-59(53,57-23-55-39(52)58-29-11-14-54-22-29)40(41,42)27-7-10-32-25(18-27)19-33(61-32)36(49)45-30-6-3-5-28-8-9-31(47(28)37(30)50)38(51)46-20-26(21-46)35-43-12-4-13-44-35/h4,7,10,12-13,18-19,24,26,28-31H,3,5-6,8-9,11,14-17,20-23H2,1-2H3,(H,45,49)/t28-,29+,30-,31-,59?/m0/s1. The molecule has 1 unspecified atom stereocenters. The third kappa shape index (κ3) is 10.4. The Morgan fingerprint density at radius 2 is 1.85 bits per heavy atom. The maximum Gasteiger partial charge on any atom is 0.510 e. The molecule has 1 aromatic carbocycles. The van der Waals surface area contributed by atoms with E-state index in [4.69, 9.17) is 23.3 Å². The number of benzene rings is 1. The number of alkyl halides is 2. The quantitative estimate of drug-likeness (QED) is 0.0715. The Labute approximate surface area is 359 Å². The summed E-state index contributed by atoms with van der Waals surface area (Å²) < 4.78 is 72.3. The summed E-state index contributed by atoms with van der Waals surface area (Å²) in [6.07, 6.45) is 5.10. The van der Waals surface area contributed by atoms with Gasteiger partial charge in [0, 0.05) is 60.4 Å². The molecule has 0 spiro atoms. The summed E-state index contributed by atoms with van der Waals surface area (Å²) in [6, 6.07) is 4.90. The van der Waals surface area contributed by atoms with Crippen molar-refractivity contribution >= 4 is 69.8 Å². The molecule has 16 nitrogen and oxygen atoms in total. The third-order valence-electron chi connectivity index (χ3n) is 11.0. The Balaban J connectivity index is 1.01. The lowest BCUT2D eigenvalue weighted by atomic mass is 9.97. The molecule has 4 aliphatic heterocycles. The van der Waals surface area contributed by atoms with Crippen molar-refractivity contribution in [2.45, 2.75) is 94.6 Å². The number of carbonyl (C=O) groups excluding carboxylic acids is 5. The molecule has 0 bridgehead atoms. The first kappa shape index (κ1) is 45.0. The molecule has 4 saturated heterocycles. The van der Waals surface area contributed by atoms with Crippen molar-refractivity contribution in [1.29, 1.82) is 0 Å². The Bertz CT molecular complexity index is 2140. The van der Waals surface area contributed by atoms with E-state index in [1.807, 2.05) is 13.8 Å². The highest BCUT2D eigenvalue weighted by Gasteiger charge is 2.56. The van der Waals surface area contributed by atoms with Gasteiger partial charge in [-0.1, -0.05) is 31.7 Å². The van der Waals surface area contributed by atoms with Gasteiger partial charge in [-0.25, -0.2) is 14.8 Å². The number of carbonyl (C=O) groups is 5. The molecule has 21 heteroatoms. The molecule has 5 atom stereocenters. The van der Waals surface area contributed by atoms with Crippen LogP contribution in [0.15, 0.2) is 42.7 Å². The number of nitrogens with one attached hydrogen (secondary N) is 1. The highest BCUT2D eigenvalue weighted by molar-refractivity contribution is 8.13. The fourth-order valence-electron chi connectivity index (χ4n) is 7.85. The highest BCUT2D eigenvalue weighted by Crippen LogP contribution is 2.67. The van der Waals surface area contributed by atoms with Crippen LogP contribution in [-0.4, -0.2) is 118 Å². The number of thiophene rings is 1. The number of ether oxygens (including phenoxy) is 3. The Hall–Kier alpha value is -4.07. The second-order valence-electron chi connectivity index (χ2n) is 15.8. The fraction of sp³-hybridized carbons (Fsp3) is 0.575.